The molecule has 0 bridgehead atoms. The minimum atomic E-state index is -2.38. The third kappa shape index (κ3) is 6.09. The molecule has 0 aromatic heterocycles. The molecular formula is C30H30N4O4. The molecule has 0 saturated carbocycles. The van der Waals surface area contributed by atoms with Crippen molar-refractivity contribution in [1.29, 1.82) is 0 Å². The quantitative estimate of drug-likeness (QED) is 0.223. The predicted molar refractivity (Wildman–Crippen MR) is 144 cm³/mol. The van der Waals surface area contributed by atoms with Crippen molar-refractivity contribution in [2.75, 3.05) is 0 Å². The zero-order chi connectivity index (χ0) is 27.8. The van der Waals surface area contributed by atoms with Crippen molar-refractivity contribution in [2.45, 2.75) is 37.4 Å². The summed E-state index contributed by atoms with van der Waals surface area (Å²) in [7, 11) is 0. The van der Waals surface area contributed by atoms with Gasteiger partial charge in [0.25, 0.3) is 11.8 Å². The van der Waals surface area contributed by atoms with Crippen LogP contribution in [0.1, 0.15) is 33.4 Å². The van der Waals surface area contributed by atoms with Gasteiger partial charge in [0.15, 0.2) is 0 Å². The van der Waals surface area contributed by atoms with Gasteiger partial charge in [-0.2, -0.15) is 0 Å². The van der Waals surface area contributed by atoms with Crippen LogP contribution in [0.15, 0.2) is 72.8 Å². The molecule has 8 nitrogen and oxygen atoms in total. The van der Waals surface area contributed by atoms with Crippen LogP contribution >= 0.6 is 0 Å². The molecule has 0 heterocycles. The third-order valence-electron chi connectivity index (χ3n) is 6.20. The molecule has 0 aliphatic carbocycles. The summed E-state index contributed by atoms with van der Waals surface area (Å²) in [6.07, 6.45) is 11.1. The first-order chi connectivity index (χ1) is 18.2. The molecule has 38 heavy (non-hydrogen) atoms. The number of carbonyl (C=O) groups excluding carboxylic acids is 2. The molecule has 0 fully saturated rings. The SMILES string of the molecule is C#CC(O)(C(=O)NCc1ccc(CN)cc1)c1cccc(C(O)(C#C)C(=O)NCc2ccc(CN)cc2)c1. The second kappa shape index (κ2) is 12.2. The maximum Gasteiger partial charge on any atom is 0.269 e. The highest BCUT2D eigenvalue weighted by Crippen LogP contribution is 2.28. The highest BCUT2D eigenvalue weighted by molar-refractivity contribution is 5.91. The molecule has 0 aliphatic heterocycles. The predicted octanol–water partition coefficient (Wildman–Crippen LogP) is 0.878. The summed E-state index contributed by atoms with van der Waals surface area (Å²) >= 11 is 0. The lowest BCUT2D eigenvalue weighted by atomic mass is 9.87. The van der Waals surface area contributed by atoms with Gasteiger partial charge in [-0.25, -0.2) is 0 Å². The Bertz CT molecular complexity index is 1270. The molecule has 2 amide bonds. The normalized spacial score (nSPS) is 13.7. The van der Waals surface area contributed by atoms with Crippen LogP contribution in [-0.2, 0) is 47.0 Å². The molecule has 3 rings (SSSR count). The van der Waals surface area contributed by atoms with E-state index in [-0.39, 0.29) is 24.2 Å². The van der Waals surface area contributed by atoms with Crippen LogP contribution in [0.4, 0.5) is 0 Å². The second-order valence-corrected chi connectivity index (χ2v) is 8.70. The molecule has 0 saturated heterocycles. The first-order valence-electron chi connectivity index (χ1n) is 11.8. The molecule has 0 spiro atoms. The number of amides is 2. The van der Waals surface area contributed by atoms with E-state index in [1.54, 1.807) is 24.3 Å². The maximum absolute atomic E-state index is 12.9. The maximum atomic E-state index is 12.9. The van der Waals surface area contributed by atoms with Gasteiger partial charge < -0.3 is 32.3 Å². The van der Waals surface area contributed by atoms with Crippen molar-refractivity contribution in [1.82, 2.24) is 10.6 Å². The van der Waals surface area contributed by atoms with Crippen molar-refractivity contribution >= 4 is 11.8 Å². The fraction of sp³-hybridized carbons (Fsp3) is 0.200. The van der Waals surface area contributed by atoms with Crippen molar-refractivity contribution in [3.63, 3.8) is 0 Å². The van der Waals surface area contributed by atoms with Crippen LogP contribution in [0.3, 0.4) is 0 Å². The van der Waals surface area contributed by atoms with Crippen molar-refractivity contribution in [3.05, 3.63) is 106 Å². The average Bonchev–Trinajstić information content (AvgIpc) is 2.98. The lowest BCUT2D eigenvalue weighted by molar-refractivity contribution is -0.135. The minimum absolute atomic E-state index is 0.0349. The second-order valence-electron chi connectivity index (χ2n) is 8.70. The van der Waals surface area contributed by atoms with E-state index in [1.807, 2.05) is 24.3 Å². The Morgan fingerprint density at radius 3 is 1.34 bits per heavy atom. The summed E-state index contributed by atoms with van der Waals surface area (Å²) in [6.45, 7) is 1.00. The summed E-state index contributed by atoms with van der Waals surface area (Å²) in [4.78, 5) is 25.9. The van der Waals surface area contributed by atoms with Crippen LogP contribution in [0, 0.1) is 24.7 Å². The Labute approximate surface area is 222 Å². The summed E-state index contributed by atoms with van der Waals surface area (Å²) in [6, 6.07) is 20.0. The lowest BCUT2D eigenvalue weighted by Gasteiger charge is -2.26. The van der Waals surface area contributed by atoms with E-state index in [0.717, 1.165) is 22.3 Å². The van der Waals surface area contributed by atoms with Gasteiger partial charge in [0, 0.05) is 37.3 Å². The average molecular weight is 511 g/mol. The van der Waals surface area contributed by atoms with Gasteiger partial charge in [-0.3, -0.25) is 9.59 Å². The van der Waals surface area contributed by atoms with Gasteiger partial charge in [-0.1, -0.05) is 78.6 Å². The topological polar surface area (TPSA) is 151 Å². The zero-order valence-electron chi connectivity index (χ0n) is 20.8. The Balaban J connectivity index is 1.78. The molecular weight excluding hydrogens is 480 g/mol. The van der Waals surface area contributed by atoms with E-state index in [0.29, 0.717) is 13.1 Å². The number of benzene rings is 3. The van der Waals surface area contributed by atoms with Gasteiger partial charge in [0.2, 0.25) is 11.2 Å². The highest BCUT2D eigenvalue weighted by atomic mass is 16.3. The number of nitrogens with two attached hydrogens (primary N) is 2. The molecule has 0 aliphatic rings. The summed E-state index contributed by atoms with van der Waals surface area (Å²) in [5.74, 6) is 2.53. The van der Waals surface area contributed by atoms with Gasteiger partial charge in [-0.05, 0) is 28.3 Å². The third-order valence-corrected chi connectivity index (χ3v) is 6.20. The van der Waals surface area contributed by atoms with Crippen LogP contribution in [-0.4, -0.2) is 22.0 Å². The summed E-state index contributed by atoms with van der Waals surface area (Å²) in [5, 5.41) is 27.4. The van der Waals surface area contributed by atoms with E-state index in [2.05, 4.69) is 22.5 Å². The van der Waals surface area contributed by atoms with Gasteiger partial charge in [0.05, 0.1) is 0 Å². The van der Waals surface area contributed by atoms with Crippen LogP contribution in [0.5, 0.6) is 0 Å². The van der Waals surface area contributed by atoms with Gasteiger partial charge in [-0.15, -0.1) is 12.8 Å². The van der Waals surface area contributed by atoms with E-state index in [9.17, 15) is 19.8 Å². The largest absolute Gasteiger partial charge is 0.366 e. The van der Waals surface area contributed by atoms with E-state index >= 15 is 0 Å². The minimum Gasteiger partial charge on any atom is -0.366 e. The molecule has 0 radical (unpaired) electrons. The summed E-state index contributed by atoms with van der Waals surface area (Å²) < 4.78 is 0. The number of nitrogens with one attached hydrogen (secondary N) is 2. The number of carbonyl (C=O) groups is 2. The van der Waals surface area contributed by atoms with Crippen LogP contribution < -0.4 is 22.1 Å². The van der Waals surface area contributed by atoms with Crippen molar-refractivity contribution in [3.8, 4) is 24.7 Å². The van der Waals surface area contributed by atoms with Gasteiger partial charge in [0.1, 0.15) is 0 Å². The highest BCUT2D eigenvalue weighted by Gasteiger charge is 2.40. The number of hydrogen-bond acceptors (Lipinski definition) is 6. The zero-order valence-corrected chi connectivity index (χ0v) is 20.8. The van der Waals surface area contributed by atoms with Gasteiger partial charge >= 0.3 is 0 Å². The molecule has 2 unspecified atom stereocenters. The van der Waals surface area contributed by atoms with Crippen LogP contribution in [0.2, 0.25) is 0 Å². The number of rotatable bonds is 10. The monoisotopic (exact) mass is 510 g/mol. The smallest absolute Gasteiger partial charge is 0.269 e. The van der Waals surface area contributed by atoms with Crippen molar-refractivity contribution < 1.29 is 19.8 Å². The molecule has 8 heteroatoms. The first-order valence-corrected chi connectivity index (χ1v) is 11.8. The molecule has 194 valence electrons. The van der Waals surface area contributed by atoms with Crippen LogP contribution in [0.25, 0.3) is 0 Å². The number of hydrogen-bond donors (Lipinski definition) is 6. The Kier molecular flexibility index (Phi) is 9.03. The van der Waals surface area contributed by atoms with E-state index < -0.39 is 23.0 Å². The van der Waals surface area contributed by atoms with E-state index in [1.165, 1.54) is 24.3 Å². The van der Waals surface area contributed by atoms with Crippen molar-refractivity contribution in [2.24, 2.45) is 11.5 Å². The number of aliphatic hydroxyl groups is 2. The number of terminal acetylenes is 2. The fourth-order valence-corrected chi connectivity index (χ4v) is 3.74. The molecule has 3 aromatic rings. The van der Waals surface area contributed by atoms with E-state index in [4.69, 9.17) is 24.3 Å². The molecule has 3 aromatic carbocycles. The summed E-state index contributed by atoms with van der Waals surface area (Å²) in [5.41, 5.74) is 9.79. The Morgan fingerprint density at radius 2 is 1.03 bits per heavy atom. The fourth-order valence-electron chi connectivity index (χ4n) is 3.74. The Morgan fingerprint density at radius 1 is 0.684 bits per heavy atom. The standard InChI is InChI=1S/C30H30N4O4/c1-3-29(37,27(35)33-19-23-12-8-21(17-31)9-13-23)25-6-5-7-26(16-25)30(38,4-2)28(36)34-20-24-14-10-22(18-32)11-15-24/h1-2,5-16,37-38H,17-20,31-32H2,(H,33,35)(H,34,36). The Hall–Kier alpha value is -4.44. The molecule has 2 atom stereocenters. The molecule has 8 N–H and O–H groups in total. The first kappa shape index (κ1) is 28.1. The lowest BCUT2D eigenvalue weighted by Crippen LogP contribution is -2.45.